The second-order valence-electron chi connectivity index (χ2n) is 6.86. The summed E-state index contributed by atoms with van der Waals surface area (Å²) in [6, 6.07) is 4.63. The van der Waals surface area contributed by atoms with Gasteiger partial charge in [-0.25, -0.2) is 4.57 Å². The molecule has 24 heavy (non-hydrogen) atoms. The van der Waals surface area contributed by atoms with Crippen LogP contribution in [-0.2, 0) is 6.54 Å². The van der Waals surface area contributed by atoms with Crippen molar-refractivity contribution < 1.29 is 21.5 Å². The molecule has 0 aromatic carbocycles. The van der Waals surface area contributed by atoms with Gasteiger partial charge in [-0.05, 0) is 25.7 Å². The average Bonchev–Trinajstić information content (AvgIpc) is 2.59. The van der Waals surface area contributed by atoms with E-state index in [9.17, 15) is 0 Å². The summed E-state index contributed by atoms with van der Waals surface area (Å²) in [5, 5.41) is 0. The Bertz CT molecular complexity index is 383. The normalized spacial score (nSPS) is 11.8. The van der Waals surface area contributed by atoms with Crippen molar-refractivity contribution in [3.05, 3.63) is 24.5 Å². The van der Waals surface area contributed by atoms with Gasteiger partial charge in [-0.15, -0.1) is 0 Å². The van der Waals surface area contributed by atoms with Gasteiger partial charge in [0.1, 0.15) is 0 Å². The zero-order valence-electron chi connectivity index (χ0n) is 16.4. The van der Waals surface area contributed by atoms with Gasteiger partial charge in [0, 0.05) is 36.8 Å². The molecule has 0 bridgehead atoms. The third-order valence-corrected chi connectivity index (χ3v) is 4.81. The highest BCUT2D eigenvalue weighted by molar-refractivity contribution is 5.43. The smallest absolute Gasteiger partial charge is 0.170 e. The summed E-state index contributed by atoms with van der Waals surface area (Å²) in [5.41, 5.74) is 1.39. The maximum Gasteiger partial charge on any atom is 0.170 e. The first-order valence-electron chi connectivity index (χ1n) is 9.99. The number of pyridine rings is 1. The summed E-state index contributed by atoms with van der Waals surface area (Å²) in [5.74, 6) is 0.821. The summed E-state index contributed by atoms with van der Waals surface area (Å²) in [4.78, 5) is 2.56. The van der Waals surface area contributed by atoms with E-state index in [0.717, 1.165) is 5.92 Å². The van der Waals surface area contributed by atoms with Gasteiger partial charge < -0.3 is 21.9 Å². The largest absolute Gasteiger partial charge is 1.00 e. The lowest BCUT2D eigenvalue weighted by Gasteiger charge is -2.24. The molecule has 0 spiro atoms. The van der Waals surface area contributed by atoms with Crippen molar-refractivity contribution in [2.45, 2.75) is 85.6 Å². The lowest BCUT2D eigenvalue weighted by Crippen LogP contribution is -3.00. The molecule has 1 heterocycles. The number of anilines is 1. The lowest BCUT2D eigenvalue weighted by atomic mass is 9.99. The Hall–Kier alpha value is -0.570. The highest BCUT2D eigenvalue weighted by atomic mass is 79.9. The minimum Gasteiger partial charge on any atom is -1.00 e. The van der Waals surface area contributed by atoms with Crippen LogP contribution in [0, 0.1) is 5.92 Å². The minimum atomic E-state index is 0. The number of aromatic nitrogens is 1. The molecule has 0 amide bonds. The van der Waals surface area contributed by atoms with Gasteiger partial charge in [0.25, 0.3) is 0 Å². The first-order chi connectivity index (χ1) is 11.2. The van der Waals surface area contributed by atoms with Crippen LogP contribution in [0.2, 0.25) is 0 Å². The molecule has 0 fully saturated rings. The van der Waals surface area contributed by atoms with E-state index in [1.165, 1.54) is 76.7 Å². The van der Waals surface area contributed by atoms with Crippen molar-refractivity contribution >= 4 is 5.69 Å². The summed E-state index contributed by atoms with van der Waals surface area (Å²) < 4.78 is 2.38. The summed E-state index contributed by atoms with van der Waals surface area (Å²) >= 11 is 0. The quantitative estimate of drug-likeness (QED) is 0.463. The number of nitrogens with zero attached hydrogens (tertiary/aromatic N) is 2. The van der Waals surface area contributed by atoms with Gasteiger partial charge in [0.15, 0.2) is 18.9 Å². The van der Waals surface area contributed by atoms with Crippen LogP contribution >= 0.6 is 0 Å². The van der Waals surface area contributed by atoms with Gasteiger partial charge in [-0.2, -0.15) is 0 Å². The molecule has 3 heteroatoms. The van der Waals surface area contributed by atoms with Gasteiger partial charge in [-0.1, -0.05) is 53.4 Å². The fraction of sp³-hybridized carbons (Fsp3) is 0.762. The number of unbranched alkanes of at least 4 members (excludes halogenated alkanes) is 3. The average molecular weight is 399 g/mol. The molecule has 140 valence electrons. The van der Waals surface area contributed by atoms with Gasteiger partial charge in [-0.3, -0.25) is 0 Å². The van der Waals surface area contributed by atoms with Crippen LogP contribution in [0.4, 0.5) is 5.69 Å². The van der Waals surface area contributed by atoms with Crippen LogP contribution in [0.3, 0.4) is 0 Å². The Morgan fingerprint density at radius 1 is 0.875 bits per heavy atom. The third-order valence-electron chi connectivity index (χ3n) is 4.81. The molecule has 0 aliphatic rings. The van der Waals surface area contributed by atoms with Crippen molar-refractivity contribution in [3.8, 4) is 0 Å². The van der Waals surface area contributed by atoms with E-state index < -0.39 is 0 Å². The Morgan fingerprint density at radius 2 is 1.42 bits per heavy atom. The topological polar surface area (TPSA) is 7.12 Å². The van der Waals surface area contributed by atoms with Gasteiger partial charge >= 0.3 is 0 Å². The molecule has 0 aliphatic heterocycles. The highest BCUT2D eigenvalue weighted by Gasteiger charge is 2.13. The molecule has 1 atom stereocenters. The molecule has 1 aromatic rings. The predicted octanol–water partition coefficient (Wildman–Crippen LogP) is 2.60. The Kier molecular flexibility index (Phi) is 14.4. The number of hydrogen-bond donors (Lipinski definition) is 0. The molecule has 0 saturated heterocycles. The van der Waals surface area contributed by atoms with E-state index >= 15 is 0 Å². The van der Waals surface area contributed by atoms with E-state index in [2.05, 4.69) is 61.7 Å². The highest BCUT2D eigenvalue weighted by Crippen LogP contribution is 2.15. The van der Waals surface area contributed by atoms with E-state index in [0.29, 0.717) is 0 Å². The standard InChI is InChI=1S/C21H39N2.BrH/c1-5-9-12-20(8-4)19-22-17-13-21(14-18-22)23(15-10-6-2)16-11-7-3;/h13-14,17-18,20H,5-12,15-16,19H2,1-4H3;1H/q+1;/p-1. The Balaban J connectivity index is 0.00000529. The van der Waals surface area contributed by atoms with Crippen LogP contribution in [0.25, 0.3) is 0 Å². The second kappa shape index (κ2) is 14.7. The van der Waals surface area contributed by atoms with Crippen molar-refractivity contribution in [2.75, 3.05) is 18.0 Å². The van der Waals surface area contributed by atoms with Crippen LogP contribution in [0.5, 0.6) is 0 Å². The summed E-state index contributed by atoms with van der Waals surface area (Å²) in [6.07, 6.45) is 15.0. The molecule has 1 unspecified atom stereocenters. The van der Waals surface area contributed by atoms with E-state index in [1.807, 2.05) is 0 Å². The zero-order chi connectivity index (χ0) is 16.9. The van der Waals surface area contributed by atoms with E-state index in [1.54, 1.807) is 0 Å². The second-order valence-corrected chi connectivity index (χ2v) is 6.86. The first-order valence-corrected chi connectivity index (χ1v) is 9.99. The van der Waals surface area contributed by atoms with Crippen molar-refractivity contribution in [1.29, 1.82) is 0 Å². The minimum absolute atomic E-state index is 0. The molecule has 0 radical (unpaired) electrons. The van der Waals surface area contributed by atoms with Crippen LogP contribution < -0.4 is 26.4 Å². The Labute approximate surface area is 161 Å². The summed E-state index contributed by atoms with van der Waals surface area (Å²) in [7, 11) is 0. The van der Waals surface area contributed by atoms with Crippen LogP contribution in [0.1, 0.15) is 79.1 Å². The van der Waals surface area contributed by atoms with Crippen molar-refractivity contribution in [2.24, 2.45) is 5.92 Å². The van der Waals surface area contributed by atoms with E-state index in [4.69, 9.17) is 0 Å². The fourth-order valence-corrected chi connectivity index (χ4v) is 3.07. The van der Waals surface area contributed by atoms with Crippen molar-refractivity contribution in [1.82, 2.24) is 0 Å². The molecule has 1 rings (SSSR count). The number of hydrogen-bond acceptors (Lipinski definition) is 1. The van der Waals surface area contributed by atoms with Crippen LogP contribution in [0.15, 0.2) is 24.5 Å². The zero-order valence-corrected chi connectivity index (χ0v) is 18.0. The van der Waals surface area contributed by atoms with E-state index in [-0.39, 0.29) is 17.0 Å². The molecular formula is C21H39BrN2. The maximum absolute atomic E-state index is 2.56. The monoisotopic (exact) mass is 398 g/mol. The molecule has 2 nitrogen and oxygen atoms in total. The predicted molar refractivity (Wildman–Crippen MR) is 102 cm³/mol. The SMILES string of the molecule is CCCCC(CC)C[n+]1ccc(N(CCCC)CCCC)cc1.[Br-]. The molecule has 0 saturated carbocycles. The molecular weight excluding hydrogens is 360 g/mol. The van der Waals surface area contributed by atoms with Crippen molar-refractivity contribution in [3.63, 3.8) is 0 Å². The first kappa shape index (κ1) is 23.4. The lowest BCUT2D eigenvalue weighted by molar-refractivity contribution is -0.703. The van der Waals surface area contributed by atoms with Gasteiger partial charge in [0.2, 0.25) is 0 Å². The Morgan fingerprint density at radius 3 is 1.88 bits per heavy atom. The summed E-state index contributed by atoms with van der Waals surface area (Å²) in [6.45, 7) is 12.7. The number of halogens is 1. The molecule has 0 N–H and O–H groups in total. The van der Waals surface area contributed by atoms with Gasteiger partial charge in [0.05, 0.1) is 0 Å². The third kappa shape index (κ3) is 9.05. The molecule has 0 aliphatic carbocycles. The number of rotatable bonds is 13. The fourth-order valence-electron chi connectivity index (χ4n) is 3.07. The maximum atomic E-state index is 2.56. The molecule has 1 aromatic heterocycles. The van der Waals surface area contributed by atoms with Crippen LogP contribution in [-0.4, -0.2) is 13.1 Å².